The molecule has 1 aliphatic heterocycles. The first kappa shape index (κ1) is 24.5. The van der Waals surface area contributed by atoms with E-state index in [-0.39, 0.29) is 22.5 Å². The topological polar surface area (TPSA) is 106 Å². The van der Waals surface area contributed by atoms with E-state index in [9.17, 15) is 10.4 Å². The molecule has 1 aliphatic rings. The molecule has 2 atom stereocenters. The van der Waals surface area contributed by atoms with Gasteiger partial charge in [0.25, 0.3) is 0 Å². The molecule has 6 nitrogen and oxygen atoms in total. The maximum Gasteiger partial charge on any atom is 0.244 e. The lowest BCUT2D eigenvalue weighted by molar-refractivity contribution is 0.419. The van der Waals surface area contributed by atoms with E-state index < -0.39 is 11.8 Å². The van der Waals surface area contributed by atoms with Crippen molar-refractivity contribution in [1.29, 1.82) is 10.7 Å². The molecule has 0 fully saturated rings. The standard InChI is InChI=1S/C29H34N4O2/c1-15-9-10-18(16(2)11-15)24-23-22(19(14-30)26(31)35-27(23)33-32-24)17-12-20(28(3,4)5)25(34)21(13-17)29(6,7)8/h9-13,19,22,31,34H,1-8H3,(H,32,33). The van der Waals surface area contributed by atoms with Crippen molar-refractivity contribution in [2.24, 2.45) is 5.92 Å². The van der Waals surface area contributed by atoms with Gasteiger partial charge in [0.15, 0.2) is 0 Å². The van der Waals surface area contributed by atoms with Gasteiger partial charge in [0.1, 0.15) is 11.7 Å². The first-order valence-corrected chi connectivity index (χ1v) is 11.9. The van der Waals surface area contributed by atoms with E-state index in [0.717, 1.165) is 44.6 Å². The minimum absolute atomic E-state index is 0.119. The van der Waals surface area contributed by atoms with Crippen LogP contribution in [-0.4, -0.2) is 21.2 Å². The monoisotopic (exact) mass is 470 g/mol. The maximum atomic E-state index is 11.3. The van der Waals surface area contributed by atoms with Gasteiger partial charge in [-0.1, -0.05) is 77.4 Å². The van der Waals surface area contributed by atoms with Gasteiger partial charge >= 0.3 is 0 Å². The molecule has 0 amide bonds. The van der Waals surface area contributed by atoms with E-state index >= 15 is 0 Å². The molecule has 2 aromatic carbocycles. The van der Waals surface area contributed by atoms with Crippen molar-refractivity contribution in [1.82, 2.24) is 10.2 Å². The van der Waals surface area contributed by atoms with Gasteiger partial charge in [-0.25, -0.2) is 0 Å². The number of nitrogens with one attached hydrogen (secondary N) is 2. The summed E-state index contributed by atoms with van der Waals surface area (Å²) in [6.45, 7) is 16.5. The Hall–Kier alpha value is -3.59. The highest BCUT2D eigenvalue weighted by atomic mass is 16.5. The third kappa shape index (κ3) is 4.20. The van der Waals surface area contributed by atoms with Gasteiger partial charge in [-0.2, -0.15) is 5.26 Å². The van der Waals surface area contributed by atoms with Crippen LogP contribution in [0.5, 0.6) is 11.6 Å². The SMILES string of the molecule is Cc1ccc(-c2[nH]nc3c2C(c2cc(C(C)(C)C)c(O)c(C(C)(C)C)c2)C(C#N)C(=N)O3)c(C)c1. The largest absolute Gasteiger partial charge is 0.507 e. The third-order valence-electron chi connectivity index (χ3n) is 6.80. The number of hydrogen-bond donors (Lipinski definition) is 3. The molecule has 35 heavy (non-hydrogen) atoms. The van der Waals surface area contributed by atoms with Crippen LogP contribution in [0.2, 0.25) is 0 Å². The van der Waals surface area contributed by atoms with Gasteiger partial charge in [-0.3, -0.25) is 10.5 Å². The highest BCUT2D eigenvalue weighted by molar-refractivity contribution is 5.87. The van der Waals surface area contributed by atoms with Gasteiger partial charge in [0.05, 0.1) is 17.3 Å². The number of ether oxygens (including phenoxy) is 1. The summed E-state index contributed by atoms with van der Waals surface area (Å²) in [6, 6.07) is 12.5. The fourth-order valence-electron chi connectivity index (χ4n) is 4.96. The number of phenols is 1. The molecule has 6 heteroatoms. The highest BCUT2D eigenvalue weighted by Crippen LogP contribution is 2.49. The third-order valence-corrected chi connectivity index (χ3v) is 6.80. The normalized spacial score (nSPS) is 18.1. The number of aromatic nitrogens is 2. The molecule has 1 aromatic heterocycles. The molecule has 0 saturated carbocycles. The predicted octanol–water partition coefficient (Wildman–Crippen LogP) is 6.64. The number of aromatic amines is 1. The summed E-state index contributed by atoms with van der Waals surface area (Å²) in [6.07, 6.45) is 0. The first-order chi connectivity index (χ1) is 16.2. The summed E-state index contributed by atoms with van der Waals surface area (Å²) < 4.78 is 5.74. The average Bonchev–Trinajstić information content (AvgIpc) is 3.14. The van der Waals surface area contributed by atoms with Gasteiger partial charge < -0.3 is 9.84 Å². The van der Waals surface area contributed by atoms with Gasteiger partial charge in [-0.05, 0) is 46.9 Å². The van der Waals surface area contributed by atoms with Crippen LogP contribution < -0.4 is 4.74 Å². The summed E-state index contributed by atoms with van der Waals surface area (Å²) in [7, 11) is 0. The zero-order valence-corrected chi connectivity index (χ0v) is 21.8. The van der Waals surface area contributed by atoms with Crippen LogP contribution in [-0.2, 0) is 10.8 Å². The van der Waals surface area contributed by atoms with Crippen molar-refractivity contribution in [3.05, 3.63) is 63.7 Å². The number of nitriles is 1. The van der Waals surface area contributed by atoms with Gasteiger partial charge in [-0.15, -0.1) is 5.10 Å². The maximum absolute atomic E-state index is 11.3. The lowest BCUT2D eigenvalue weighted by Crippen LogP contribution is -2.31. The van der Waals surface area contributed by atoms with Crippen LogP contribution >= 0.6 is 0 Å². The van der Waals surface area contributed by atoms with E-state index in [1.54, 1.807) is 0 Å². The first-order valence-electron chi connectivity index (χ1n) is 11.9. The number of aryl methyl sites for hydroxylation is 2. The minimum Gasteiger partial charge on any atom is -0.507 e. The second kappa shape index (κ2) is 8.27. The Bertz CT molecular complexity index is 1330. The van der Waals surface area contributed by atoms with Gasteiger partial charge in [0, 0.05) is 11.5 Å². The van der Waals surface area contributed by atoms with Crippen molar-refractivity contribution >= 4 is 5.90 Å². The van der Waals surface area contributed by atoms with Crippen LogP contribution in [0.3, 0.4) is 0 Å². The molecule has 3 N–H and O–H groups in total. The summed E-state index contributed by atoms with van der Waals surface area (Å²) in [5.41, 5.74) is 6.63. The number of benzene rings is 2. The zero-order chi connectivity index (χ0) is 25.9. The van der Waals surface area contributed by atoms with E-state index in [2.05, 4.69) is 76.9 Å². The molecule has 4 rings (SSSR count). The van der Waals surface area contributed by atoms with Crippen LogP contribution in [0.25, 0.3) is 11.3 Å². The molecule has 0 aliphatic carbocycles. The van der Waals surface area contributed by atoms with Gasteiger partial charge in [0.2, 0.25) is 11.8 Å². The molecule has 3 aromatic rings. The molecule has 0 spiro atoms. The Morgan fingerprint density at radius 1 is 1.03 bits per heavy atom. The Labute approximate surface area is 207 Å². The van der Waals surface area contributed by atoms with Crippen molar-refractivity contribution in [2.45, 2.75) is 72.1 Å². The zero-order valence-electron chi connectivity index (χ0n) is 21.8. The average molecular weight is 471 g/mol. The summed E-state index contributed by atoms with van der Waals surface area (Å²) in [4.78, 5) is 0. The van der Waals surface area contributed by atoms with Crippen molar-refractivity contribution in [3.63, 3.8) is 0 Å². The molecule has 2 unspecified atom stereocenters. The number of H-pyrrole nitrogens is 1. The van der Waals surface area contributed by atoms with E-state index in [1.165, 1.54) is 0 Å². The van der Waals surface area contributed by atoms with Crippen LogP contribution in [0.15, 0.2) is 30.3 Å². The number of aromatic hydroxyl groups is 1. The second-order valence-electron chi connectivity index (χ2n) is 11.7. The lowest BCUT2D eigenvalue weighted by atomic mass is 9.73. The number of hydrogen-bond acceptors (Lipinski definition) is 5. The molecule has 2 heterocycles. The van der Waals surface area contributed by atoms with Crippen LogP contribution in [0.4, 0.5) is 0 Å². The van der Waals surface area contributed by atoms with Crippen molar-refractivity contribution < 1.29 is 9.84 Å². The molecule has 0 bridgehead atoms. The molecular weight excluding hydrogens is 436 g/mol. The number of phenolic OH excluding ortho intramolecular Hbond substituents is 1. The smallest absolute Gasteiger partial charge is 0.244 e. The molecule has 0 radical (unpaired) electrons. The highest BCUT2D eigenvalue weighted by Gasteiger charge is 2.42. The molecule has 0 saturated heterocycles. The van der Waals surface area contributed by atoms with Crippen molar-refractivity contribution in [2.75, 3.05) is 0 Å². The predicted molar refractivity (Wildman–Crippen MR) is 138 cm³/mol. The lowest BCUT2D eigenvalue weighted by Gasteiger charge is -2.33. The Kier molecular flexibility index (Phi) is 5.79. The van der Waals surface area contributed by atoms with E-state index in [1.807, 2.05) is 25.1 Å². The number of fused-ring (bicyclic) bond motifs is 1. The van der Waals surface area contributed by atoms with Crippen molar-refractivity contribution in [3.8, 4) is 29.0 Å². The summed E-state index contributed by atoms with van der Waals surface area (Å²) in [5.74, 6) is -0.815. The van der Waals surface area contributed by atoms with E-state index in [0.29, 0.717) is 5.88 Å². The fourth-order valence-corrected chi connectivity index (χ4v) is 4.96. The van der Waals surface area contributed by atoms with Crippen LogP contribution in [0.1, 0.15) is 80.8 Å². The number of rotatable bonds is 2. The van der Waals surface area contributed by atoms with Crippen LogP contribution in [0, 0.1) is 36.5 Å². The Morgan fingerprint density at radius 2 is 1.63 bits per heavy atom. The molecule has 182 valence electrons. The second-order valence-corrected chi connectivity index (χ2v) is 11.7. The summed E-state index contributed by atoms with van der Waals surface area (Å²) in [5, 5.41) is 37.4. The Morgan fingerprint density at radius 3 is 2.14 bits per heavy atom. The Balaban J connectivity index is 2.05. The summed E-state index contributed by atoms with van der Waals surface area (Å²) >= 11 is 0. The van der Waals surface area contributed by atoms with E-state index in [4.69, 9.17) is 10.1 Å². The fraction of sp³-hybridized carbons (Fsp3) is 0.414. The number of nitrogens with zero attached hydrogens (tertiary/aromatic N) is 2. The minimum atomic E-state index is -0.824. The quantitative estimate of drug-likeness (QED) is 0.390. The molecular formula is C29H34N4O2.